The summed E-state index contributed by atoms with van der Waals surface area (Å²) in [5.74, 6) is 0.405. The molecule has 1 aliphatic carbocycles. The molecule has 2 aromatic rings. The van der Waals surface area contributed by atoms with Crippen LogP contribution in [0.5, 0.6) is 0 Å². The Bertz CT molecular complexity index is 830. The maximum absolute atomic E-state index is 12.4. The van der Waals surface area contributed by atoms with Gasteiger partial charge < -0.3 is 10.1 Å². The van der Waals surface area contributed by atoms with E-state index in [1.807, 2.05) is 6.92 Å². The molecule has 1 aliphatic heterocycles. The van der Waals surface area contributed by atoms with Crippen LogP contribution in [0.2, 0.25) is 0 Å². The minimum atomic E-state index is -0.253. The number of amides is 1. The molecule has 1 amide bonds. The Kier molecular flexibility index (Phi) is 5.92. The number of nitrogens with zero attached hydrogens (tertiary/aromatic N) is 6. The van der Waals surface area contributed by atoms with Crippen molar-refractivity contribution in [2.75, 3.05) is 32.8 Å². The van der Waals surface area contributed by atoms with Gasteiger partial charge in [-0.25, -0.2) is 9.97 Å². The summed E-state index contributed by atoms with van der Waals surface area (Å²) in [6, 6.07) is 0. The van der Waals surface area contributed by atoms with E-state index in [0.717, 1.165) is 57.1 Å². The number of ether oxygens (including phenoxy) is 1. The number of hydrogen-bond acceptors (Lipinski definition) is 7. The van der Waals surface area contributed by atoms with Crippen molar-refractivity contribution >= 4 is 5.91 Å². The van der Waals surface area contributed by atoms with Crippen molar-refractivity contribution in [1.82, 2.24) is 35.2 Å². The molecule has 0 unspecified atom stereocenters. The van der Waals surface area contributed by atoms with E-state index in [1.165, 1.54) is 18.4 Å². The molecule has 150 valence electrons. The van der Waals surface area contributed by atoms with Crippen LogP contribution >= 0.6 is 0 Å². The third-order valence-corrected chi connectivity index (χ3v) is 5.36. The fraction of sp³-hybridized carbons (Fsp3) is 0.632. The SMILES string of the molecule is Cc1nc(CNC(=O)c2cn(CCN3CCOCC3)nn2)nc2c1CCCC2. The molecule has 28 heavy (non-hydrogen) atoms. The third kappa shape index (κ3) is 4.53. The lowest BCUT2D eigenvalue weighted by molar-refractivity contribution is 0.0359. The number of nitrogens with one attached hydrogen (secondary N) is 1. The highest BCUT2D eigenvalue weighted by Gasteiger charge is 2.17. The molecule has 1 fully saturated rings. The zero-order chi connectivity index (χ0) is 19.3. The van der Waals surface area contributed by atoms with E-state index >= 15 is 0 Å². The monoisotopic (exact) mass is 385 g/mol. The van der Waals surface area contributed by atoms with Crippen LogP contribution in [0.25, 0.3) is 0 Å². The number of carbonyl (C=O) groups excluding carboxylic acids is 1. The number of morpholine rings is 1. The topological polar surface area (TPSA) is 98.1 Å². The smallest absolute Gasteiger partial charge is 0.273 e. The maximum Gasteiger partial charge on any atom is 0.273 e. The van der Waals surface area contributed by atoms with E-state index in [9.17, 15) is 4.79 Å². The van der Waals surface area contributed by atoms with Gasteiger partial charge in [0.1, 0.15) is 5.82 Å². The fourth-order valence-electron chi connectivity index (χ4n) is 3.75. The molecule has 3 heterocycles. The molecule has 0 aromatic carbocycles. The van der Waals surface area contributed by atoms with Gasteiger partial charge in [-0.05, 0) is 38.2 Å². The Labute approximate surface area is 164 Å². The van der Waals surface area contributed by atoms with Crippen LogP contribution in [0.4, 0.5) is 0 Å². The molecule has 0 saturated carbocycles. The molecule has 2 aliphatic rings. The summed E-state index contributed by atoms with van der Waals surface area (Å²) in [7, 11) is 0. The van der Waals surface area contributed by atoms with E-state index in [1.54, 1.807) is 10.9 Å². The second-order valence-corrected chi connectivity index (χ2v) is 7.36. The summed E-state index contributed by atoms with van der Waals surface area (Å²) in [6.45, 7) is 7.31. The largest absolute Gasteiger partial charge is 0.379 e. The maximum atomic E-state index is 12.4. The van der Waals surface area contributed by atoms with Crippen LogP contribution in [0.15, 0.2) is 6.20 Å². The van der Waals surface area contributed by atoms with Gasteiger partial charge in [0, 0.05) is 31.0 Å². The van der Waals surface area contributed by atoms with E-state index in [2.05, 4.69) is 30.5 Å². The van der Waals surface area contributed by atoms with Gasteiger partial charge in [0.15, 0.2) is 5.69 Å². The van der Waals surface area contributed by atoms with Gasteiger partial charge in [-0.1, -0.05) is 5.21 Å². The molecule has 9 nitrogen and oxygen atoms in total. The highest BCUT2D eigenvalue weighted by molar-refractivity contribution is 5.91. The van der Waals surface area contributed by atoms with Crippen molar-refractivity contribution in [2.24, 2.45) is 0 Å². The van der Waals surface area contributed by atoms with Crippen molar-refractivity contribution in [3.63, 3.8) is 0 Å². The van der Waals surface area contributed by atoms with Crippen molar-refractivity contribution in [3.8, 4) is 0 Å². The lowest BCUT2D eigenvalue weighted by Gasteiger charge is -2.26. The van der Waals surface area contributed by atoms with Gasteiger partial charge in [0.2, 0.25) is 0 Å². The van der Waals surface area contributed by atoms with Gasteiger partial charge in [0.25, 0.3) is 5.91 Å². The number of aryl methyl sites for hydroxylation is 2. The first-order valence-electron chi connectivity index (χ1n) is 10.0. The number of carbonyl (C=O) groups is 1. The molecule has 1 saturated heterocycles. The molecule has 9 heteroatoms. The lowest BCUT2D eigenvalue weighted by atomic mass is 9.95. The Morgan fingerprint density at radius 1 is 1.18 bits per heavy atom. The summed E-state index contributed by atoms with van der Waals surface area (Å²) in [4.78, 5) is 23.9. The van der Waals surface area contributed by atoms with E-state index in [4.69, 9.17) is 4.74 Å². The summed E-state index contributed by atoms with van der Waals surface area (Å²) < 4.78 is 7.06. The standard InChI is InChI=1S/C19H27N7O2/c1-14-15-4-2-3-5-16(15)22-18(21-14)12-20-19(27)17-13-26(24-23-17)7-6-25-8-10-28-11-9-25/h13H,2-12H2,1H3,(H,20,27). The highest BCUT2D eigenvalue weighted by atomic mass is 16.5. The number of rotatable bonds is 6. The van der Waals surface area contributed by atoms with Crippen LogP contribution < -0.4 is 5.32 Å². The highest BCUT2D eigenvalue weighted by Crippen LogP contribution is 2.21. The Balaban J connectivity index is 1.30. The molecule has 1 N–H and O–H groups in total. The Hall–Kier alpha value is -2.39. The van der Waals surface area contributed by atoms with Crippen molar-refractivity contribution in [3.05, 3.63) is 34.7 Å². The first kappa shape index (κ1) is 18.9. The Morgan fingerprint density at radius 3 is 2.86 bits per heavy atom. The van der Waals surface area contributed by atoms with Crippen LogP contribution in [-0.4, -0.2) is 68.6 Å². The molecule has 0 atom stereocenters. The number of fused-ring (bicyclic) bond motifs is 1. The molecular weight excluding hydrogens is 358 g/mol. The molecule has 0 radical (unpaired) electrons. The predicted octanol–water partition coefficient (Wildman–Crippen LogP) is 0.518. The van der Waals surface area contributed by atoms with Gasteiger partial charge >= 0.3 is 0 Å². The normalized spacial score (nSPS) is 17.3. The second kappa shape index (κ2) is 8.74. The zero-order valence-corrected chi connectivity index (χ0v) is 16.4. The average molecular weight is 385 g/mol. The van der Waals surface area contributed by atoms with Gasteiger partial charge in [-0.2, -0.15) is 0 Å². The van der Waals surface area contributed by atoms with E-state index < -0.39 is 0 Å². The van der Waals surface area contributed by atoms with Gasteiger partial charge in [-0.15, -0.1) is 5.10 Å². The van der Waals surface area contributed by atoms with Crippen LogP contribution in [0, 0.1) is 6.92 Å². The zero-order valence-electron chi connectivity index (χ0n) is 16.4. The first-order valence-corrected chi connectivity index (χ1v) is 10.0. The predicted molar refractivity (Wildman–Crippen MR) is 102 cm³/mol. The minimum absolute atomic E-state index is 0.253. The van der Waals surface area contributed by atoms with Crippen LogP contribution in [-0.2, 0) is 30.7 Å². The third-order valence-electron chi connectivity index (χ3n) is 5.36. The lowest BCUT2D eigenvalue weighted by Crippen LogP contribution is -2.38. The minimum Gasteiger partial charge on any atom is -0.379 e. The van der Waals surface area contributed by atoms with Crippen LogP contribution in [0.3, 0.4) is 0 Å². The number of aromatic nitrogens is 5. The fourth-order valence-corrected chi connectivity index (χ4v) is 3.75. The van der Waals surface area contributed by atoms with E-state index in [0.29, 0.717) is 24.6 Å². The quantitative estimate of drug-likeness (QED) is 0.774. The number of hydrogen-bond donors (Lipinski definition) is 1. The van der Waals surface area contributed by atoms with Crippen molar-refractivity contribution in [2.45, 2.75) is 45.7 Å². The summed E-state index contributed by atoms with van der Waals surface area (Å²) in [5.41, 5.74) is 3.77. The first-order chi connectivity index (χ1) is 13.7. The molecule has 0 spiro atoms. The summed E-state index contributed by atoms with van der Waals surface area (Å²) in [6.07, 6.45) is 6.12. The Morgan fingerprint density at radius 2 is 2.00 bits per heavy atom. The average Bonchev–Trinajstić information content (AvgIpc) is 3.20. The van der Waals surface area contributed by atoms with Crippen molar-refractivity contribution in [1.29, 1.82) is 0 Å². The summed E-state index contributed by atoms with van der Waals surface area (Å²) >= 11 is 0. The van der Waals surface area contributed by atoms with E-state index in [-0.39, 0.29) is 5.91 Å². The molecule has 0 bridgehead atoms. The van der Waals surface area contributed by atoms with Crippen molar-refractivity contribution < 1.29 is 9.53 Å². The molecule has 4 rings (SSSR count). The van der Waals surface area contributed by atoms with Crippen LogP contribution in [0.1, 0.15) is 46.1 Å². The molecule has 2 aromatic heterocycles. The second-order valence-electron chi connectivity index (χ2n) is 7.36. The van der Waals surface area contributed by atoms with Gasteiger partial charge in [0.05, 0.1) is 32.5 Å². The summed E-state index contributed by atoms with van der Waals surface area (Å²) in [5, 5.41) is 10.9. The van der Waals surface area contributed by atoms with Gasteiger partial charge in [-0.3, -0.25) is 14.4 Å². The molecular formula is C19H27N7O2.